The maximum Gasteiger partial charge on any atom is 0.223 e. The maximum atomic E-state index is 13.2. The van der Waals surface area contributed by atoms with E-state index < -0.39 is 10.0 Å². The van der Waals surface area contributed by atoms with Crippen LogP contribution in [0.25, 0.3) is 0 Å². The first-order valence-corrected chi connectivity index (χ1v) is 13.4. The minimum Gasteiger partial charge on any atom is -0.345 e. The van der Waals surface area contributed by atoms with Crippen molar-refractivity contribution in [3.63, 3.8) is 0 Å². The summed E-state index contributed by atoms with van der Waals surface area (Å²) in [6.07, 6.45) is 1.04. The Hall–Kier alpha value is -2.96. The van der Waals surface area contributed by atoms with Crippen LogP contribution in [0.3, 0.4) is 0 Å². The maximum absolute atomic E-state index is 13.2. The fraction of sp³-hybridized carbons (Fsp3) is 0.321. The third-order valence-electron chi connectivity index (χ3n) is 6.65. The summed E-state index contributed by atoms with van der Waals surface area (Å²) in [5, 5.41) is 3.23. The zero-order valence-corrected chi connectivity index (χ0v) is 20.6. The highest BCUT2D eigenvalue weighted by molar-refractivity contribution is 7.88. The highest BCUT2D eigenvalue weighted by Crippen LogP contribution is 2.26. The van der Waals surface area contributed by atoms with Gasteiger partial charge in [-0.05, 0) is 48.9 Å². The summed E-state index contributed by atoms with van der Waals surface area (Å²) in [6, 6.07) is 25.5. The predicted molar refractivity (Wildman–Crippen MR) is 136 cm³/mol. The van der Waals surface area contributed by atoms with Crippen molar-refractivity contribution in [1.82, 2.24) is 9.62 Å². The van der Waals surface area contributed by atoms with Gasteiger partial charge in [0.2, 0.25) is 15.9 Å². The van der Waals surface area contributed by atoms with Gasteiger partial charge in [-0.15, -0.1) is 0 Å². The summed E-state index contributed by atoms with van der Waals surface area (Å²) in [7, 11) is -3.42. The van der Waals surface area contributed by atoms with Crippen LogP contribution < -0.4 is 5.32 Å². The second-order valence-electron chi connectivity index (χ2n) is 9.12. The largest absolute Gasteiger partial charge is 0.345 e. The zero-order valence-electron chi connectivity index (χ0n) is 19.8. The third-order valence-corrected chi connectivity index (χ3v) is 8.48. The third kappa shape index (κ3) is 5.75. The molecule has 1 aliphatic rings. The number of nitrogens with one attached hydrogen (secondary N) is 1. The first-order valence-electron chi connectivity index (χ1n) is 11.8. The van der Waals surface area contributed by atoms with E-state index in [9.17, 15) is 13.2 Å². The van der Waals surface area contributed by atoms with Gasteiger partial charge in [-0.25, -0.2) is 12.7 Å². The summed E-state index contributed by atoms with van der Waals surface area (Å²) < 4.78 is 27.5. The number of nitrogens with zero attached hydrogens (tertiary/aromatic N) is 1. The van der Waals surface area contributed by atoms with Crippen LogP contribution in [0.2, 0.25) is 0 Å². The molecule has 0 aliphatic carbocycles. The molecule has 1 atom stereocenters. The number of hydrogen-bond donors (Lipinski definition) is 1. The van der Waals surface area contributed by atoms with Crippen molar-refractivity contribution in [3.8, 4) is 0 Å². The first kappa shape index (κ1) is 24.2. The van der Waals surface area contributed by atoms with E-state index in [1.165, 1.54) is 9.87 Å². The van der Waals surface area contributed by atoms with Gasteiger partial charge in [0.05, 0.1) is 11.8 Å². The molecule has 34 heavy (non-hydrogen) atoms. The van der Waals surface area contributed by atoms with Crippen molar-refractivity contribution in [2.75, 3.05) is 13.1 Å². The van der Waals surface area contributed by atoms with Crippen molar-refractivity contribution in [2.24, 2.45) is 5.92 Å². The number of rotatable bonds is 7. The summed E-state index contributed by atoms with van der Waals surface area (Å²) in [6.45, 7) is 4.71. The fourth-order valence-electron chi connectivity index (χ4n) is 4.48. The zero-order chi connectivity index (χ0) is 24.1. The number of aryl methyl sites for hydroxylation is 2. The predicted octanol–water partition coefficient (Wildman–Crippen LogP) is 4.75. The Labute approximate surface area is 202 Å². The van der Waals surface area contributed by atoms with Crippen LogP contribution in [0.1, 0.15) is 46.7 Å². The van der Waals surface area contributed by atoms with Crippen molar-refractivity contribution < 1.29 is 13.2 Å². The Kier molecular flexibility index (Phi) is 7.49. The Morgan fingerprint density at radius 2 is 1.47 bits per heavy atom. The molecule has 3 aromatic carbocycles. The van der Waals surface area contributed by atoms with Gasteiger partial charge < -0.3 is 5.32 Å². The molecule has 1 heterocycles. The topological polar surface area (TPSA) is 66.5 Å². The summed E-state index contributed by atoms with van der Waals surface area (Å²) >= 11 is 0. The van der Waals surface area contributed by atoms with Crippen LogP contribution in [0, 0.1) is 19.8 Å². The van der Waals surface area contributed by atoms with Crippen molar-refractivity contribution in [3.05, 3.63) is 107 Å². The van der Waals surface area contributed by atoms with Crippen LogP contribution in [0.4, 0.5) is 0 Å². The molecule has 1 aliphatic heterocycles. The molecule has 0 saturated carbocycles. The van der Waals surface area contributed by atoms with Crippen molar-refractivity contribution >= 4 is 15.9 Å². The molecule has 3 aromatic rings. The molecule has 6 heteroatoms. The molecule has 0 unspecified atom stereocenters. The molecule has 0 bridgehead atoms. The van der Waals surface area contributed by atoms with Gasteiger partial charge in [0, 0.05) is 19.0 Å². The average molecular weight is 477 g/mol. The van der Waals surface area contributed by atoms with Crippen molar-refractivity contribution in [1.29, 1.82) is 0 Å². The van der Waals surface area contributed by atoms with Crippen LogP contribution in [-0.4, -0.2) is 31.7 Å². The van der Waals surface area contributed by atoms with E-state index in [-0.39, 0.29) is 23.6 Å². The summed E-state index contributed by atoms with van der Waals surface area (Å²) in [4.78, 5) is 13.2. The molecule has 0 radical (unpaired) electrons. The lowest BCUT2D eigenvalue weighted by molar-refractivity contribution is -0.126. The summed E-state index contributed by atoms with van der Waals surface area (Å²) in [5.74, 6) is -0.230. The van der Waals surface area contributed by atoms with E-state index in [4.69, 9.17) is 0 Å². The minimum atomic E-state index is -3.42. The second kappa shape index (κ2) is 10.5. The van der Waals surface area contributed by atoms with E-state index in [0.29, 0.717) is 25.9 Å². The van der Waals surface area contributed by atoms with Gasteiger partial charge in [-0.1, -0.05) is 84.4 Å². The van der Waals surface area contributed by atoms with Gasteiger partial charge in [0.1, 0.15) is 0 Å². The van der Waals surface area contributed by atoms with Gasteiger partial charge in [-0.2, -0.15) is 0 Å². The molecular weight excluding hydrogens is 444 g/mol. The fourth-order valence-corrected chi connectivity index (χ4v) is 6.15. The smallest absolute Gasteiger partial charge is 0.223 e. The van der Waals surface area contributed by atoms with E-state index in [1.54, 1.807) is 0 Å². The van der Waals surface area contributed by atoms with Crippen LogP contribution in [0.5, 0.6) is 0 Å². The first-order chi connectivity index (χ1) is 16.3. The Balaban J connectivity index is 1.42. The molecule has 1 saturated heterocycles. The van der Waals surface area contributed by atoms with Gasteiger partial charge in [0.15, 0.2) is 0 Å². The van der Waals surface area contributed by atoms with E-state index in [0.717, 1.165) is 22.3 Å². The average Bonchev–Trinajstić information content (AvgIpc) is 2.85. The molecule has 178 valence electrons. The van der Waals surface area contributed by atoms with Crippen LogP contribution in [0.15, 0.2) is 78.9 Å². The van der Waals surface area contributed by atoms with Crippen molar-refractivity contribution in [2.45, 2.75) is 38.5 Å². The monoisotopic (exact) mass is 476 g/mol. The van der Waals surface area contributed by atoms with Crippen LogP contribution in [-0.2, 0) is 20.6 Å². The number of sulfonamides is 1. The molecular formula is C28H32N2O3S. The standard InChI is InChI=1S/C28H32N2O3S/c1-21-12-14-24(15-13-21)27(23-9-4-3-5-10-23)29-28(31)25-16-18-30(19-17-25)34(32,33)20-26-11-7-6-8-22(26)2/h3-15,25,27H,16-20H2,1-2H3,(H,29,31)/t27-/m0/s1. The molecule has 0 spiro atoms. The molecule has 4 rings (SSSR count). The lowest BCUT2D eigenvalue weighted by Crippen LogP contribution is -2.44. The normalized spacial score (nSPS) is 16.2. The number of benzene rings is 3. The van der Waals surface area contributed by atoms with Gasteiger partial charge in [-0.3, -0.25) is 4.79 Å². The molecule has 1 fully saturated rings. The SMILES string of the molecule is Cc1ccc([C@@H](NC(=O)C2CCN(S(=O)(=O)Cc3ccccc3C)CC2)c2ccccc2)cc1. The number of hydrogen-bond acceptors (Lipinski definition) is 3. The second-order valence-corrected chi connectivity index (χ2v) is 11.1. The van der Waals surface area contributed by atoms with E-state index in [1.807, 2.05) is 80.6 Å². The Morgan fingerprint density at radius 3 is 2.12 bits per heavy atom. The molecule has 1 N–H and O–H groups in total. The number of amides is 1. The van der Waals surface area contributed by atoms with Gasteiger partial charge >= 0.3 is 0 Å². The lowest BCUT2D eigenvalue weighted by Gasteiger charge is -2.32. The Morgan fingerprint density at radius 1 is 0.882 bits per heavy atom. The van der Waals surface area contributed by atoms with E-state index in [2.05, 4.69) is 17.4 Å². The molecule has 0 aromatic heterocycles. The number of carbonyl (C=O) groups excluding carboxylic acids is 1. The number of piperidine rings is 1. The summed E-state index contributed by atoms with van der Waals surface area (Å²) in [5.41, 5.74) is 5.03. The minimum absolute atomic E-state index is 0.0000413. The Bertz CT molecular complexity index is 1220. The molecule has 5 nitrogen and oxygen atoms in total. The highest BCUT2D eigenvalue weighted by atomic mass is 32.2. The lowest BCUT2D eigenvalue weighted by atomic mass is 9.94. The quantitative estimate of drug-likeness (QED) is 0.535. The number of carbonyl (C=O) groups is 1. The highest BCUT2D eigenvalue weighted by Gasteiger charge is 2.32. The van der Waals surface area contributed by atoms with E-state index >= 15 is 0 Å². The molecule has 1 amide bonds. The van der Waals surface area contributed by atoms with Gasteiger partial charge in [0.25, 0.3) is 0 Å². The van der Waals surface area contributed by atoms with Crippen LogP contribution >= 0.6 is 0 Å².